The molecule has 0 aromatic heterocycles. The summed E-state index contributed by atoms with van der Waals surface area (Å²) in [5.74, 6) is 0.583. The summed E-state index contributed by atoms with van der Waals surface area (Å²) in [5.41, 5.74) is -1.36. The summed E-state index contributed by atoms with van der Waals surface area (Å²) in [6.45, 7) is 1.29. The zero-order valence-electron chi connectivity index (χ0n) is 17.4. The van der Waals surface area contributed by atoms with E-state index in [9.17, 15) is 18.0 Å². The van der Waals surface area contributed by atoms with Gasteiger partial charge in [0, 0.05) is 46.9 Å². The van der Waals surface area contributed by atoms with E-state index in [1.165, 1.54) is 0 Å². The molecule has 1 amide bonds. The number of benzene rings is 2. The summed E-state index contributed by atoms with van der Waals surface area (Å²) in [6, 6.07) is 7.52. The fourth-order valence-corrected chi connectivity index (χ4v) is 5.63. The van der Waals surface area contributed by atoms with Crippen molar-refractivity contribution in [2.45, 2.75) is 37.0 Å². The van der Waals surface area contributed by atoms with Gasteiger partial charge in [0.15, 0.2) is 0 Å². The van der Waals surface area contributed by atoms with Crippen LogP contribution in [0.1, 0.15) is 41.9 Å². The van der Waals surface area contributed by atoms with Crippen LogP contribution < -0.4 is 0 Å². The fourth-order valence-electron chi connectivity index (χ4n) is 4.33. The van der Waals surface area contributed by atoms with Crippen molar-refractivity contribution in [3.8, 4) is 0 Å². The molecule has 0 spiro atoms. The molecule has 2 aliphatic heterocycles. The molecule has 2 fully saturated rings. The molecule has 4 nitrogen and oxygen atoms in total. The van der Waals surface area contributed by atoms with Crippen LogP contribution in [0.15, 0.2) is 40.0 Å². The van der Waals surface area contributed by atoms with Gasteiger partial charge >= 0.3 is 6.18 Å². The van der Waals surface area contributed by atoms with Crippen LogP contribution >= 0.6 is 50.7 Å². The normalized spacial score (nSPS) is 22.9. The Hall–Kier alpha value is -1.48. The Labute approximate surface area is 217 Å². The summed E-state index contributed by atoms with van der Waals surface area (Å²) in [4.78, 5) is 19.1. The molecule has 0 bridgehead atoms. The van der Waals surface area contributed by atoms with E-state index in [0.717, 1.165) is 35.0 Å². The van der Waals surface area contributed by atoms with Gasteiger partial charge in [0.2, 0.25) is 5.91 Å². The van der Waals surface area contributed by atoms with Gasteiger partial charge in [0.25, 0.3) is 5.60 Å². The predicted octanol–water partition coefficient (Wildman–Crippen LogP) is 7.33. The second-order valence-corrected chi connectivity index (χ2v) is 10.9. The standard InChI is InChI=1S/C23H17BrCl3F3N2O2/c24-16-5-12(3-4-15(16)13-9-32(10-13)21(33)11-1-2-11)19-8-22(34-31-19,23(28,29)30)14-6-17(25)20(27)18(26)7-14/h3-7,11,13H,1-2,8-10H2. The van der Waals surface area contributed by atoms with Crippen LogP contribution in [0.2, 0.25) is 15.1 Å². The molecular formula is C23H17BrCl3F3N2O2. The van der Waals surface area contributed by atoms with Gasteiger partial charge < -0.3 is 9.74 Å². The molecule has 5 rings (SSSR count). The minimum atomic E-state index is -4.79. The highest BCUT2D eigenvalue weighted by Crippen LogP contribution is 2.51. The molecule has 180 valence electrons. The van der Waals surface area contributed by atoms with E-state index in [0.29, 0.717) is 18.7 Å². The molecule has 2 heterocycles. The van der Waals surface area contributed by atoms with Gasteiger partial charge in [-0.2, -0.15) is 13.2 Å². The van der Waals surface area contributed by atoms with E-state index in [4.69, 9.17) is 39.6 Å². The van der Waals surface area contributed by atoms with Gasteiger partial charge in [-0.3, -0.25) is 4.79 Å². The smallest absolute Gasteiger partial charge is 0.374 e. The highest BCUT2D eigenvalue weighted by Gasteiger charge is 2.62. The Kier molecular flexibility index (Phi) is 6.11. The van der Waals surface area contributed by atoms with E-state index in [1.807, 2.05) is 11.0 Å². The van der Waals surface area contributed by atoms with Crippen molar-refractivity contribution in [3.05, 3.63) is 66.6 Å². The molecule has 0 N–H and O–H groups in total. The first-order valence-corrected chi connectivity index (χ1v) is 12.5. The van der Waals surface area contributed by atoms with Crippen molar-refractivity contribution in [2.24, 2.45) is 11.1 Å². The van der Waals surface area contributed by atoms with Crippen molar-refractivity contribution in [2.75, 3.05) is 13.1 Å². The number of nitrogens with zero attached hydrogens (tertiary/aromatic N) is 2. The van der Waals surface area contributed by atoms with Gasteiger partial charge in [-0.05, 0) is 36.6 Å². The van der Waals surface area contributed by atoms with E-state index in [1.54, 1.807) is 12.1 Å². The third-order valence-corrected chi connectivity index (χ3v) is 8.41. The third kappa shape index (κ3) is 4.10. The summed E-state index contributed by atoms with van der Waals surface area (Å²) in [5, 5.41) is 3.56. The number of hydrogen-bond acceptors (Lipinski definition) is 3. The van der Waals surface area contributed by atoms with E-state index < -0.39 is 18.2 Å². The largest absolute Gasteiger partial charge is 0.435 e. The average molecular weight is 597 g/mol. The molecule has 1 saturated carbocycles. The first-order chi connectivity index (χ1) is 16.0. The maximum Gasteiger partial charge on any atom is 0.435 e. The fraction of sp³-hybridized carbons (Fsp3) is 0.391. The maximum absolute atomic E-state index is 14.3. The summed E-state index contributed by atoms with van der Waals surface area (Å²) in [7, 11) is 0. The van der Waals surface area contributed by atoms with Crippen molar-refractivity contribution in [1.29, 1.82) is 0 Å². The Morgan fingerprint density at radius 2 is 1.76 bits per heavy atom. The van der Waals surface area contributed by atoms with E-state index in [2.05, 4.69) is 21.1 Å². The van der Waals surface area contributed by atoms with Gasteiger partial charge in [-0.1, -0.05) is 68.0 Å². The molecule has 34 heavy (non-hydrogen) atoms. The molecule has 1 saturated heterocycles. The number of amides is 1. The van der Waals surface area contributed by atoms with Crippen LogP contribution in [0.5, 0.6) is 0 Å². The van der Waals surface area contributed by atoms with Crippen molar-refractivity contribution in [1.82, 2.24) is 4.90 Å². The molecule has 2 aromatic rings. The van der Waals surface area contributed by atoms with Gasteiger partial charge in [0.05, 0.1) is 20.8 Å². The number of carbonyl (C=O) groups excluding carboxylic acids is 1. The lowest BCUT2D eigenvalue weighted by atomic mass is 9.85. The summed E-state index contributed by atoms with van der Waals surface area (Å²) < 4.78 is 43.5. The highest BCUT2D eigenvalue weighted by atomic mass is 79.9. The molecule has 1 unspecified atom stereocenters. The lowest BCUT2D eigenvalue weighted by molar-refractivity contribution is -0.275. The number of halogens is 7. The van der Waals surface area contributed by atoms with Crippen LogP contribution in [0.25, 0.3) is 0 Å². The van der Waals surface area contributed by atoms with Crippen LogP contribution in [0.4, 0.5) is 13.2 Å². The molecule has 1 atom stereocenters. The Morgan fingerprint density at radius 1 is 1.12 bits per heavy atom. The number of likely N-dealkylation sites (tertiary alicyclic amines) is 1. The van der Waals surface area contributed by atoms with Crippen molar-refractivity contribution < 1.29 is 22.8 Å². The molecule has 3 aliphatic rings. The maximum atomic E-state index is 14.3. The topological polar surface area (TPSA) is 41.9 Å². The number of hydrogen-bond donors (Lipinski definition) is 0. The minimum Gasteiger partial charge on any atom is -0.374 e. The van der Waals surface area contributed by atoms with Crippen LogP contribution in [-0.2, 0) is 15.2 Å². The second-order valence-electron chi connectivity index (χ2n) is 8.84. The van der Waals surface area contributed by atoms with Gasteiger partial charge in [-0.15, -0.1) is 0 Å². The number of carbonyl (C=O) groups is 1. The quantitative estimate of drug-likeness (QED) is 0.347. The van der Waals surface area contributed by atoms with E-state index in [-0.39, 0.29) is 44.1 Å². The predicted molar refractivity (Wildman–Crippen MR) is 128 cm³/mol. The zero-order valence-corrected chi connectivity index (χ0v) is 21.3. The first-order valence-electron chi connectivity index (χ1n) is 10.6. The second kappa shape index (κ2) is 8.57. The molecular weight excluding hydrogens is 580 g/mol. The minimum absolute atomic E-state index is 0.0311. The molecule has 0 radical (unpaired) electrons. The van der Waals surface area contributed by atoms with Gasteiger partial charge in [0.1, 0.15) is 0 Å². The first kappa shape index (κ1) is 24.2. The van der Waals surface area contributed by atoms with E-state index >= 15 is 0 Å². The summed E-state index contributed by atoms with van der Waals surface area (Å²) >= 11 is 21.4. The average Bonchev–Trinajstić information content (AvgIpc) is 3.48. The van der Waals surface area contributed by atoms with Crippen LogP contribution in [-0.4, -0.2) is 35.8 Å². The number of oxime groups is 1. The van der Waals surface area contributed by atoms with Gasteiger partial charge in [-0.25, -0.2) is 0 Å². The number of rotatable bonds is 4. The number of alkyl halides is 3. The Morgan fingerprint density at radius 3 is 2.32 bits per heavy atom. The van der Waals surface area contributed by atoms with Crippen LogP contribution in [0.3, 0.4) is 0 Å². The Balaban J connectivity index is 1.37. The summed E-state index contributed by atoms with van der Waals surface area (Å²) in [6.07, 6.45) is -3.41. The monoisotopic (exact) mass is 594 g/mol. The molecule has 11 heteroatoms. The third-order valence-electron chi connectivity index (χ3n) is 6.53. The zero-order chi connectivity index (χ0) is 24.4. The van der Waals surface area contributed by atoms with Crippen molar-refractivity contribution >= 4 is 62.4 Å². The molecule has 1 aliphatic carbocycles. The van der Waals surface area contributed by atoms with Crippen LogP contribution in [0, 0.1) is 5.92 Å². The highest BCUT2D eigenvalue weighted by molar-refractivity contribution is 9.10. The lowest BCUT2D eigenvalue weighted by Gasteiger charge is -2.40. The lowest BCUT2D eigenvalue weighted by Crippen LogP contribution is -2.49. The molecule has 2 aromatic carbocycles. The van der Waals surface area contributed by atoms with Crippen molar-refractivity contribution in [3.63, 3.8) is 0 Å². The SMILES string of the molecule is O=C(C1CC1)N1CC(c2ccc(C3=NOC(c4cc(Cl)c(Cl)c(Cl)c4)(C(F)(F)F)C3)cc2Br)C1. The Bertz CT molecular complexity index is 1190.